The summed E-state index contributed by atoms with van der Waals surface area (Å²) in [6, 6.07) is 0. The van der Waals surface area contributed by atoms with Crippen LogP contribution in [0.15, 0.2) is 0 Å². The second-order valence-electron chi connectivity index (χ2n) is 7.99. The molecule has 1 aliphatic carbocycles. The fourth-order valence-electron chi connectivity index (χ4n) is 4.03. The maximum atomic E-state index is 9.08. The molecule has 2 rings (SSSR count). The summed E-state index contributed by atoms with van der Waals surface area (Å²) in [4.78, 5) is 2.56. The van der Waals surface area contributed by atoms with Gasteiger partial charge in [-0.3, -0.25) is 4.90 Å². The third kappa shape index (κ3) is 5.22. The van der Waals surface area contributed by atoms with Crippen LogP contribution in [-0.4, -0.2) is 41.5 Å². The van der Waals surface area contributed by atoms with Crippen LogP contribution < -0.4 is 0 Å². The molecule has 0 amide bonds. The fraction of sp³-hybridized carbons (Fsp3) is 1.00. The first-order chi connectivity index (χ1) is 9.94. The highest BCUT2D eigenvalue weighted by molar-refractivity contribution is 4.92. The van der Waals surface area contributed by atoms with Crippen LogP contribution in [0.3, 0.4) is 0 Å². The highest BCUT2D eigenvalue weighted by atomic mass is 16.5. The number of aliphatic hydroxyl groups excluding tert-OH is 1. The Balaban J connectivity index is 1.82. The van der Waals surface area contributed by atoms with E-state index in [1.807, 2.05) is 0 Å². The Morgan fingerprint density at radius 2 is 2.00 bits per heavy atom. The number of hydrogen-bond acceptors (Lipinski definition) is 3. The van der Waals surface area contributed by atoms with Gasteiger partial charge in [0.15, 0.2) is 0 Å². The van der Waals surface area contributed by atoms with Crippen LogP contribution in [0, 0.1) is 17.8 Å². The van der Waals surface area contributed by atoms with E-state index in [4.69, 9.17) is 9.84 Å². The molecular formula is C18H35NO2. The minimum absolute atomic E-state index is 0.0604. The van der Waals surface area contributed by atoms with E-state index in [0.717, 1.165) is 30.6 Å². The standard InChI is InChI=1S/C18H35NO2/c1-5-17(21-18(2,3)4)19-10-6-7-14(8-11-19)16-13-15(16)9-12-20/h14-17,20H,5-13H2,1-4H3. The van der Waals surface area contributed by atoms with E-state index in [2.05, 4.69) is 32.6 Å². The molecule has 21 heavy (non-hydrogen) atoms. The summed E-state index contributed by atoms with van der Waals surface area (Å²) < 4.78 is 6.25. The van der Waals surface area contributed by atoms with Crippen molar-refractivity contribution in [3.63, 3.8) is 0 Å². The predicted octanol–water partition coefficient (Wildman–Crippen LogP) is 3.66. The second-order valence-corrected chi connectivity index (χ2v) is 7.99. The Hall–Kier alpha value is -0.120. The molecule has 1 saturated heterocycles. The lowest BCUT2D eigenvalue weighted by Crippen LogP contribution is -2.42. The highest BCUT2D eigenvalue weighted by Gasteiger charge is 2.42. The van der Waals surface area contributed by atoms with Gasteiger partial charge in [0, 0.05) is 19.7 Å². The number of likely N-dealkylation sites (tertiary alicyclic amines) is 1. The van der Waals surface area contributed by atoms with Gasteiger partial charge in [-0.05, 0) is 77.0 Å². The van der Waals surface area contributed by atoms with Crippen molar-refractivity contribution in [2.24, 2.45) is 17.8 Å². The maximum Gasteiger partial charge on any atom is 0.111 e. The molecule has 0 spiro atoms. The molecule has 124 valence electrons. The van der Waals surface area contributed by atoms with Crippen LogP contribution in [0.25, 0.3) is 0 Å². The van der Waals surface area contributed by atoms with Crippen molar-refractivity contribution in [2.75, 3.05) is 19.7 Å². The summed E-state index contributed by atoms with van der Waals surface area (Å²) in [5.74, 6) is 2.61. The van der Waals surface area contributed by atoms with Crippen LogP contribution in [0.4, 0.5) is 0 Å². The van der Waals surface area contributed by atoms with Crippen molar-refractivity contribution in [1.29, 1.82) is 0 Å². The summed E-state index contributed by atoms with van der Waals surface area (Å²) >= 11 is 0. The van der Waals surface area contributed by atoms with Crippen LogP contribution in [-0.2, 0) is 4.74 Å². The zero-order chi connectivity index (χ0) is 15.5. The number of ether oxygens (including phenoxy) is 1. The maximum absolute atomic E-state index is 9.08. The Morgan fingerprint density at radius 3 is 2.62 bits per heavy atom. The summed E-state index contributed by atoms with van der Waals surface area (Å²) in [6.45, 7) is 11.4. The van der Waals surface area contributed by atoms with Crippen molar-refractivity contribution in [2.45, 2.75) is 78.0 Å². The molecule has 2 fully saturated rings. The van der Waals surface area contributed by atoms with Crippen LogP contribution >= 0.6 is 0 Å². The fourth-order valence-corrected chi connectivity index (χ4v) is 4.03. The molecule has 4 unspecified atom stereocenters. The zero-order valence-corrected chi connectivity index (χ0v) is 14.5. The van der Waals surface area contributed by atoms with Crippen molar-refractivity contribution in [1.82, 2.24) is 4.90 Å². The normalized spacial score (nSPS) is 32.7. The van der Waals surface area contributed by atoms with E-state index in [1.54, 1.807) is 0 Å². The molecule has 1 heterocycles. The lowest BCUT2D eigenvalue weighted by molar-refractivity contribution is -0.133. The topological polar surface area (TPSA) is 32.7 Å². The van der Waals surface area contributed by atoms with Gasteiger partial charge in [0.05, 0.1) is 5.60 Å². The van der Waals surface area contributed by atoms with Gasteiger partial charge in [-0.1, -0.05) is 6.92 Å². The molecule has 3 heteroatoms. The van der Waals surface area contributed by atoms with E-state index < -0.39 is 0 Å². The molecular weight excluding hydrogens is 262 g/mol. The van der Waals surface area contributed by atoms with Gasteiger partial charge in [0.25, 0.3) is 0 Å². The molecule has 0 radical (unpaired) electrons. The lowest BCUT2D eigenvalue weighted by atomic mass is 9.93. The highest BCUT2D eigenvalue weighted by Crippen LogP contribution is 2.49. The van der Waals surface area contributed by atoms with E-state index in [-0.39, 0.29) is 11.8 Å². The Labute approximate surface area is 131 Å². The lowest BCUT2D eigenvalue weighted by Gasteiger charge is -2.35. The van der Waals surface area contributed by atoms with Gasteiger partial charge >= 0.3 is 0 Å². The molecule has 0 aromatic carbocycles. The van der Waals surface area contributed by atoms with Gasteiger partial charge in [0.1, 0.15) is 6.23 Å². The third-order valence-corrected chi connectivity index (χ3v) is 5.14. The van der Waals surface area contributed by atoms with Crippen molar-refractivity contribution in [3.05, 3.63) is 0 Å². The second kappa shape index (κ2) is 7.43. The first kappa shape index (κ1) is 17.2. The first-order valence-electron chi connectivity index (χ1n) is 8.97. The molecule has 1 saturated carbocycles. The van der Waals surface area contributed by atoms with Crippen molar-refractivity contribution < 1.29 is 9.84 Å². The average Bonchev–Trinajstić information content (AvgIpc) is 3.17. The quantitative estimate of drug-likeness (QED) is 0.812. The van der Waals surface area contributed by atoms with Crippen molar-refractivity contribution >= 4 is 0 Å². The predicted molar refractivity (Wildman–Crippen MR) is 87.1 cm³/mol. The Kier molecular flexibility index (Phi) is 6.10. The largest absolute Gasteiger partial charge is 0.396 e. The molecule has 2 aliphatic rings. The molecule has 4 atom stereocenters. The molecule has 0 aromatic rings. The van der Waals surface area contributed by atoms with Gasteiger partial charge in [-0.2, -0.15) is 0 Å². The summed E-state index contributed by atoms with van der Waals surface area (Å²) in [6.07, 6.45) is 7.72. The van der Waals surface area contributed by atoms with Gasteiger partial charge < -0.3 is 9.84 Å². The van der Waals surface area contributed by atoms with E-state index in [0.29, 0.717) is 6.61 Å². The monoisotopic (exact) mass is 297 g/mol. The zero-order valence-electron chi connectivity index (χ0n) is 14.5. The molecule has 1 N–H and O–H groups in total. The first-order valence-corrected chi connectivity index (χ1v) is 8.97. The minimum atomic E-state index is -0.0604. The van der Waals surface area contributed by atoms with E-state index >= 15 is 0 Å². The van der Waals surface area contributed by atoms with Crippen molar-refractivity contribution in [3.8, 4) is 0 Å². The number of hydrogen-bond donors (Lipinski definition) is 1. The number of rotatable bonds is 6. The number of nitrogens with zero attached hydrogens (tertiary/aromatic N) is 1. The molecule has 3 nitrogen and oxygen atoms in total. The molecule has 1 aliphatic heterocycles. The molecule has 0 bridgehead atoms. The van der Waals surface area contributed by atoms with E-state index in [1.165, 1.54) is 38.8 Å². The van der Waals surface area contributed by atoms with E-state index in [9.17, 15) is 0 Å². The molecule has 0 aromatic heterocycles. The summed E-state index contributed by atoms with van der Waals surface area (Å²) in [7, 11) is 0. The number of aliphatic hydroxyl groups is 1. The Bertz CT molecular complexity index is 313. The SMILES string of the molecule is CCC(OC(C)(C)C)N1CCCC(C2CC2CCO)CC1. The summed E-state index contributed by atoms with van der Waals surface area (Å²) in [5, 5.41) is 9.08. The van der Waals surface area contributed by atoms with Crippen LogP contribution in [0.5, 0.6) is 0 Å². The van der Waals surface area contributed by atoms with Crippen LogP contribution in [0.2, 0.25) is 0 Å². The van der Waals surface area contributed by atoms with Crippen LogP contribution in [0.1, 0.15) is 66.2 Å². The van der Waals surface area contributed by atoms with Gasteiger partial charge in [-0.25, -0.2) is 0 Å². The Morgan fingerprint density at radius 1 is 1.24 bits per heavy atom. The van der Waals surface area contributed by atoms with Gasteiger partial charge in [0.2, 0.25) is 0 Å². The smallest absolute Gasteiger partial charge is 0.111 e. The summed E-state index contributed by atoms with van der Waals surface area (Å²) in [5.41, 5.74) is -0.0604. The third-order valence-electron chi connectivity index (χ3n) is 5.14. The minimum Gasteiger partial charge on any atom is -0.396 e. The average molecular weight is 297 g/mol. The van der Waals surface area contributed by atoms with Gasteiger partial charge in [-0.15, -0.1) is 0 Å².